The lowest BCUT2D eigenvalue weighted by Crippen LogP contribution is -2.46. The average molecular weight is 359 g/mol. The predicted molar refractivity (Wildman–Crippen MR) is 74.6 cm³/mol. The molecule has 1 aromatic rings. The van der Waals surface area contributed by atoms with Crippen molar-refractivity contribution >= 4 is 27.5 Å². The standard InChI is InChI=1S/C13H12BrFN2O4/c14-7-3-10(12(15)11(4-7)17(19)20)13(18)16-5-8-1-2-9(6-16)21-8/h3-4,8-9H,1-2,5-6H2. The fourth-order valence-electron chi connectivity index (χ4n) is 2.81. The van der Waals surface area contributed by atoms with Crippen molar-refractivity contribution in [2.24, 2.45) is 0 Å². The molecule has 1 amide bonds. The van der Waals surface area contributed by atoms with Crippen molar-refractivity contribution < 1.29 is 18.8 Å². The number of carbonyl (C=O) groups is 1. The van der Waals surface area contributed by atoms with Gasteiger partial charge < -0.3 is 9.64 Å². The summed E-state index contributed by atoms with van der Waals surface area (Å²) in [6, 6.07) is 2.33. The molecule has 0 aliphatic carbocycles. The van der Waals surface area contributed by atoms with Crippen LogP contribution in [-0.4, -0.2) is 41.0 Å². The van der Waals surface area contributed by atoms with Crippen LogP contribution in [0.4, 0.5) is 10.1 Å². The summed E-state index contributed by atoms with van der Waals surface area (Å²) >= 11 is 3.08. The molecule has 21 heavy (non-hydrogen) atoms. The molecule has 0 aromatic heterocycles. The SMILES string of the molecule is O=C(c1cc(Br)cc([N+](=O)[O-])c1F)N1CC2CCC(C1)O2. The third kappa shape index (κ3) is 2.65. The molecule has 1 aromatic carbocycles. The van der Waals surface area contributed by atoms with Crippen molar-refractivity contribution in [1.82, 2.24) is 4.90 Å². The molecule has 2 bridgehead atoms. The lowest BCUT2D eigenvalue weighted by Gasteiger charge is -2.32. The molecule has 2 atom stereocenters. The number of carbonyl (C=O) groups excluding carboxylic acids is 1. The maximum absolute atomic E-state index is 14.2. The van der Waals surface area contributed by atoms with Crippen LogP contribution in [0, 0.1) is 15.9 Å². The highest BCUT2D eigenvalue weighted by Gasteiger charge is 2.37. The van der Waals surface area contributed by atoms with Crippen LogP contribution in [0.5, 0.6) is 0 Å². The fourth-order valence-corrected chi connectivity index (χ4v) is 3.26. The van der Waals surface area contributed by atoms with Gasteiger partial charge in [-0.15, -0.1) is 0 Å². The van der Waals surface area contributed by atoms with E-state index in [9.17, 15) is 19.3 Å². The van der Waals surface area contributed by atoms with E-state index < -0.39 is 22.3 Å². The second-order valence-electron chi connectivity index (χ2n) is 5.21. The molecular weight excluding hydrogens is 347 g/mol. The number of likely N-dealkylation sites (tertiary alicyclic amines) is 1. The number of nitro benzene ring substituents is 1. The van der Waals surface area contributed by atoms with Crippen LogP contribution in [0.1, 0.15) is 23.2 Å². The molecular formula is C13H12BrFN2O4. The van der Waals surface area contributed by atoms with Crippen molar-refractivity contribution in [3.05, 3.63) is 38.1 Å². The number of rotatable bonds is 2. The minimum atomic E-state index is -1.09. The van der Waals surface area contributed by atoms with Crippen LogP contribution in [-0.2, 0) is 4.74 Å². The summed E-state index contributed by atoms with van der Waals surface area (Å²) in [5.74, 6) is -1.62. The Labute approximate surface area is 128 Å². The maximum Gasteiger partial charge on any atom is 0.306 e. The van der Waals surface area contributed by atoms with Gasteiger partial charge in [-0.2, -0.15) is 4.39 Å². The van der Waals surface area contributed by atoms with E-state index in [0.717, 1.165) is 18.9 Å². The van der Waals surface area contributed by atoms with Crippen molar-refractivity contribution in [3.63, 3.8) is 0 Å². The van der Waals surface area contributed by atoms with Gasteiger partial charge in [-0.1, -0.05) is 15.9 Å². The van der Waals surface area contributed by atoms with Crippen LogP contribution in [0.3, 0.4) is 0 Å². The largest absolute Gasteiger partial charge is 0.371 e. The number of ether oxygens (including phenoxy) is 1. The first-order valence-electron chi connectivity index (χ1n) is 6.54. The average Bonchev–Trinajstić information content (AvgIpc) is 2.78. The Hall–Kier alpha value is -1.54. The van der Waals surface area contributed by atoms with Gasteiger partial charge in [0.05, 0.1) is 22.7 Å². The molecule has 2 heterocycles. The van der Waals surface area contributed by atoms with E-state index in [4.69, 9.17) is 4.74 Å². The van der Waals surface area contributed by atoms with E-state index in [1.807, 2.05) is 0 Å². The minimum absolute atomic E-state index is 0.0158. The van der Waals surface area contributed by atoms with Crippen LogP contribution < -0.4 is 0 Å². The number of amides is 1. The molecule has 112 valence electrons. The first-order valence-corrected chi connectivity index (χ1v) is 7.33. The van der Waals surface area contributed by atoms with Crippen molar-refractivity contribution in [3.8, 4) is 0 Å². The van der Waals surface area contributed by atoms with Crippen molar-refractivity contribution in [2.75, 3.05) is 13.1 Å². The number of nitrogens with zero attached hydrogens (tertiary/aromatic N) is 2. The molecule has 2 fully saturated rings. The topological polar surface area (TPSA) is 72.7 Å². The number of fused-ring (bicyclic) bond motifs is 2. The molecule has 2 aliphatic heterocycles. The van der Waals surface area contributed by atoms with Crippen LogP contribution in [0.2, 0.25) is 0 Å². The fraction of sp³-hybridized carbons (Fsp3) is 0.462. The summed E-state index contributed by atoms with van der Waals surface area (Å²) in [6.45, 7) is 0.796. The number of benzene rings is 1. The highest BCUT2D eigenvalue weighted by Crippen LogP contribution is 2.30. The first-order chi connectivity index (χ1) is 9.95. The Morgan fingerprint density at radius 1 is 1.38 bits per heavy atom. The normalized spacial score (nSPS) is 24.2. The lowest BCUT2D eigenvalue weighted by atomic mass is 10.1. The monoisotopic (exact) mass is 358 g/mol. The molecule has 6 nitrogen and oxygen atoms in total. The Morgan fingerprint density at radius 3 is 2.57 bits per heavy atom. The molecule has 0 spiro atoms. The maximum atomic E-state index is 14.2. The third-order valence-electron chi connectivity index (χ3n) is 3.78. The van der Waals surface area contributed by atoms with E-state index in [0.29, 0.717) is 17.6 Å². The van der Waals surface area contributed by atoms with Gasteiger partial charge in [0, 0.05) is 23.6 Å². The number of nitro groups is 1. The van der Waals surface area contributed by atoms with E-state index >= 15 is 0 Å². The first kappa shape index (κ1) is 14.4. The van der Waals surface area contributed by atoms with Crippen molar-refractivity contribution in [2.45, 2.75) is 25.0 Å². The van der Waals surface area contributed by atoms with E-state index in [-0.39, 0.29) is 17.8 Å². The highest BCUT2D eigenvalue weighted by atomic mass is 79.9. The van der Waals surface area contributed by atoms with Gasteiger partial charge in [0.1, 0.15) is 0 Å². The summed E-state index contributed by atoms with van der Waals surface area (Å²) in [5, 5.41) is 10.8. The van der Waals surface area contributed by atoms with E-state index in [1.54, 1.807) is 0 Å². The quantitative estimate of drug-likeness (QED) is 0.601. The van der Waals surface area contributed by atoms with E-state index in [1.165, 1.54) is 11.0 Å². The summed E-state index contributed by atoms with van der Waals surface area (Å²) in [7, 11) is 0. The van der Waals surface area contributed by atoms with Gasteiger partial charge in [-0.05, 0) is 18.9 Å². The molecule has 2 saturated heterocycles. The molecule has 0 saturated carbocycles. The predicted octanol–water partition coefficient (Wildman–Crippen LogP) is 2.50. The zero-order valence-corrected chi connectivity index (χ0v) is 12.5. The zero-order valence-electron chi connectivity index (χ0n) is 10.9. The van der Waals surface area contributed by atoms with Gasteiger partial charge in [-0.3, -0.25) is 14.9 Å². The van der Waals surface area contributed by atoms with Crippen LogP contribution >= 0.6 is 15.9 Å². The summed E-state index contributed by atoms with van der Waals surface area (Å²) in [6.07, 6.45) is 1.74. The Kier molecular flexibility index (Phi) is 3.66. The van der Waals surface area contributed by atoms with Crippen molar-refractivity contribution in [1.29, 1.82) is 0 Å². The molecule has 3 rings (SSSR count). The van der Waals surface area contributed by atoms with Gasteiger partial charge in [0.2, 0.25) is 5.82 Å². The minimum Gasteiger partial charge on any atom is -0.371 e. The van der Waals surface area contributed by atoms with E-state index in [2.05, 4.69) is 15.9 Å². The second kappa shape index (κ2) is 5.34. The second-order valence-corrected chi connectivity index (χ2v) is 6.13. The highest BCUT2D eigenvalue weighted by molar-refractivity contribution is 9.10. The van der Waals surface area contributed by atoms with Gasteiger partial charge in [-0.25, -0.2) is 0 Å². The third-order valence-corrected chi connectivity index (χ3v) is 4.23. The number of halogens is 2. The Morgan fingerprint density at radius 2 is 2.00 bits per heavy atom. The Balaban J connectivity index is 1.93. The van der Waals surface area contributed by atoms with Gasteiger partial charge in [0.15, 0.2) is 0 Å². The van der Waals surface area contributed by atoms with Crippen LogP contribution in [0.25, 0.3) is 0 Å². The Bertz CT molecular complexity index is 612. The molecule has 2 aliphatic rings. The number of hydrogen-bond donors (Lipinski definition) is 0. The molecule has 2 unspecified atom stereocenters. The summed E-state index contributed by atoms with van der Waals surface area (Å²) in [5.41, 5.74) is -0.985. The van der Waals surface area contributed by atoms with Crippen LogP contribution in [0.15, 0.2) is 16.6 Å². The summed E-state index contributed by atoms with van der Waals surface area (Å²) < 4.78 is 20.1. The molecule has 0 N–H and O–H groups in total. The smallest absolute Gasteiger partial charge is 0.306 e. The molecule has 0 radical (unpaired) electrons. The van der Waals surface area contributed by atoms with Gasteiger partial charge in [0.25, 0.3) is 5.91 Å². The number of hydrogen-bond acceptors (Lipinski definition) is 4. The lowest BCUT2D eigenvalue weighted by molar-refractivity contribution is -0.387. The summed E-state index contributed by atoms with van der Waals surface area (Å²) in [4.78, 5) is 24.0. The number of morpholine rings is 1. The molecule has 8 heteroatoms. The zero-order chi connectivity index (χ0) is 15.1. The van der Waals surface area contributed by atoms with Gasteiger partial charge >= 0.3 is 5.69 Å².